The Kier molecular flexibility index (Phi) is 6.40. The molecule has 1 aromatic heterocycles. The van der Waals surface area contributed by atoms with Crippen LogP contribution in [0.25, 0.3) is 0 Å². The first kappa shape index (κ1) is 18.9. The van der Waals surface area contributed by atoms with Crippen molar-refractivity contribution in [3.63, 3.8) is 0 Å². The number of benzene rings is 1. The largest absolute Gasteiger partial charge is 0.505 e. The number of aromatic hydroxyl groups is 1. The maximum absolute atomic E-state index is 13.1. The Hall–Kier alpha value is -1.40. The molecule has 0 aliphatic rings. The zero-order valence-corrected chi connectivity index (χ0v) is 16.1. The van der Waals surface area contributed by atoms with Gasteiger partial charge in [-0.2, -0.15) is 11.8 Å². The summed E-state index contributed by atoms with van der Waals surface area (Å²) in [5, 5.41) is 10.6. The highest BCUT2D eigenvalue weighted by atomic mass is 32.2. The van der Waals surface area contributed by atoms with E-state index in [9.17, 15) is 13.5 Å². The maximum atomic E-state index is 13.1. The minimum absolute atomic E-state index is 0.0518. The molecule has 0 unspecified atom stereocenters. The Balaban J connectivity index is 2.52. The van der Waals surface area contributed by atoms with Gasteiger partial charge in [-0.3, -0.25) is 0 Å². The third-order valence-corrected chi connectivity index (χ3v) is 6.50. The number of nitrogens with one attached hydrogen (secondary N) is 1. The van der Waals surface area contributed by atoms with E-state index in [1.54, 1.807) is 36.0 Å². The minimum Gasteiger partial charge on any atom is -0.505 e. The van der Waals surface area contributed by atoms with Crippen molar-refractivity contribution < 1.29 is 13.5 Å². The minimum atomic E-state index is -3.74. The van der Waals surface area contributed by atoms with Crippen molar-refractivity contribution in [1.82, 2.24) is 4.98 Å². The molecule has 0 bridgehead atoms. The van der Waals surface area contributed by atoms with Gasteiger partial charge in [-0.05, 0) is 43.9 Å². The van der Waals surface area contributed by atoms with Crippen molar-refractivity contribution in [3.8, 4) is 5.75 Å². The second kappa shape index (κ2) is 8.12. The van der Waals surface area contributed by atoms with Gasteiger partial charge in [0.2, 0.25) is 9.84 Å². The van der Waals surface area contributed by atoms with Crippen molar-refractivity contribution >= 4 is 21.6 Å². The SMILES string of the molecule is CCCCc1[nH]c(CCSC)c(O)c1S(=O)(=O)c1ccc(C)cc1. The molecule has 0 spiro atoms. The predicted molar refractivity (Wildman–Crippen MR) is 99.8 cm³/mol. The molecule has 4 nitrogen and oxygen atoms in total. The lowest BCUT2D eigenvalue weighted by Crippen LogP contribution is -2.05. The van der Waals surface area contributed by atoms with Crippen molar-refractivity contribution in [2.45, 2.75) is 49.3 Å². The maximum Gasteiger partial charge on any atom is 0.212 e. The summed E-state index contributed by atoms with van der Waals surface area (Å²) in [6.45, 7) is 3.98. The van der Waals surface area contributed by atoms with Crippen molar-refractivity contribution in [2.75, 3.05) is 12.0 Å². The third kappa shape index (κ3) is 3.98. The molecule has 0 aliphatic carbocycles. The topological polar surface area (TPSA) is 70.2 Å². The van der Waals surface area contributed by atoms with Gasteiger partial charge in [-0.25, -0.2) is 8.42 Å². The molecule has 0 amide bonds. The second-order valence-electron chi connectivity index (χ2n) is 5.92. The van der Waals surface area contributed by atoms with E-state index in [4.69, 9.17) is 0 Å². The molecule has 132 valence electrons. The van der Waals surface area contributed by atoms with E-state index in [-0.39, 0.29) is 15.5 Å². The summed E-state index contributed by atoms with van der Waals surface area (Å²) in [6.07, 6.45) is 5.06. The van der Waals surface area contributed by atoms with Crippen LogP contribution in [0.4, 0.5) is 0 Å². The van der Waals surface area contributed by atoms with Crippen molar-refractivity contribution in [2.24, 2.45) is 0 Å². The van der Waals surface area contributed by atoms with E-state index >= 15 is 0 Å². The molecular formula is C18H25NO3S2. The van der Waals surface area contributed by atoms with Gasteiger partial charge in [-0.1, -0.05) is 31.0 Å². The number of hydrogen-bond donors (Lipinski definition) is 2. The molecule has 2 aromatic rings. The third-order valence-electron chi connectivity index (χ3n) is 4.01. The van der Waals surface area contributed by atoms with Gasteiger partial charge in [0, 0.05) is 12.1 Å². The van der Waals surface area contributed by atoms with Gasteiger partial charge in [0.25, 0.3) is 0 Å². The van der Waals surface area contributed by atoms with Gasteiger partial charge in [0.05, 0.1) is 10.6 Å². The first-order valence-electron chi connectivity index (χ1n) is 8.15. The molecule has 0 radical (unpaired) electrons. The second-order valence-corrected chi connectivity index (χ2v) is 8.79. The Morgan fingerprint density at radius 1 is 1.12 bits per heavy atom. The number of aromatic nitrogens is 1. The first-order chi connectivity index (χ1) is 11.4. The number of hydrogen-bond acceptors (Lipinski definition) is 4. The predicted octanol–water partition coefficient (Wildman–Crippen LogP) is 4.11. The molecule has 0 aliphatic heterocycles. The standard InChI is InChI=1S/C18H25NO3S2/c1-4-5-6-16-18(17(20)15(19-16)11-12-23-3)24(21,22)14-9-7-13(2)8-10-14/h7-10,19-20H,4-6,11-12H2,1-3H3. The monoisotopic (exact) mass is 367 g/mol. The summed E-state index contributed by atoms with van der Waals surface area (Å²) in [7, 11) is -3.74. The van der Waals surface area contributed by atoms with Crippen LogP contribution in [0.5, 0.6) is 5.75 Å². The van der Waals surface area contributed by atoms with Crippen LogP contribution in [0, 0.1) is 6.92 Å². The fourth-order valence-corrected chi connectivity index (χ4v) is 4.61. The molecule has 1 heterocycles. The van der Waals surface area contributed by atoms with Crippen LogP contribution < -0.4 is 0 Å². The van der Waals surface area contributed by atoms with Crippen LogP contribution in [0.15, 0.2) is 34.1 Å². The van der Waals surface area contributed by atoms with Crippen LogP contribution in [0.3, 0.4) is 0 Å². The van der Waals surface area contributed by atoms with Gasteiger partial charge < -0.3 is 10.1 Å². The highest BCUT2D eigenvalue weighted by Crippen LogP contribution is 2.36. The lowest BCUT2D eigenvalue weighted by molar-refractivity contribution is 0.454. The summed E-state index contributed by atoms with van der Waals surface area (Å²) in [4.78, 5) is 3.44. The van der Waals surface area contributed by atoms with Crippen LogP contribution in [-0.4, -0.2) is 30.5 Å². The Labute approximate surface area is 148 Å². The molecule has 0 atom stereocenters. The molecule has 1 aromatic carbocycles. The zero-order valence-electron chi connectivity index (χ0n) is 14.4. The number of thioether (sulfide) groups is 1. The Morgan fingerprint density at radius 3 is 2.38 bits per heavy atom. The van der Waals surface area contributed by atoms with E-state index in [2.05, 4.69) is 11.9 Å². The quantitative estimate of drug-likeness (QED) is 0.737. The van der Waals surface area contributed by atoms with E-state index in [0.717, 1.165) is 24.2 Å². The average molecular weight is 368 g/mol. The lowest BCUT2D eigenvalue weighted by atomic mass is 10.2. The number of aromatic amines is 1. The van der Waals surface area contributed by atoms with Gasteiger partial charge in [0.15, 0.2) is 5.75 Å². The lowest BCUT2D eigenvalue weighted by Gasteiger charge is -2.07. The molecule has 0 fully saturated rings. The first-order valence-corrected chi connectivity index (χ1v) is 11.0. The van der Waals surface area contributed by atoms with Crippen LogP contribution in [-0.2, 0) is 22.7 Å². The van der Waals surface area contributed by atoms with Crippen molar-refractivity contribution in [3.05, 3.63) is 41.2 Å². The molecule has 0 saturated heterocycles. The van der Waals surface area contributed by atoms with Gasteiger partial charge in [0.1, 0.15) is 4.90 Å². The molecule has 2 rings (SSSR count). The van der Waals surface area contributed by atoms with E-state index in [1.165, 1.54) is 0 Å². The summed E-state index contributed by atoms with van der Waals surface area (Å²) in [6, 6.07) is 6.75. The molecule has 6 heteroatoms. The van der Waals surface area contributed by atoms with Crippen LogP contribution in [0.2, 0.25) is 0 Å². The summed E-state index contributed by atoms with van der Waals surface area (Å²) in [5.74, 6) is 0.710. The fourth-order valence-electron chi connectivity index (χ4n) is 2.62. The molecule has 0 saturated carbocycles. The Bertz CT molecular complexity index is 777. The number of aryl methyl sites for hydroxylation is 3. The number of sulfone groups is 1. The van der Waals surface area contributed by atoms with Crippen LogP contribution in [0.1, 0.15) is 36.7 Å². The summed E-state index contributed by atoms with van der Waals surface area (Å²) < 4.78 is 26.1. The zero-order chi connectivity index (χ0) is 17.7. The number of unbranched alkanes of at least 4 members (excludes halogenated alkanes) is 1. The highest BCUT2D eigenvalue weighted by molar-refractivity contribution is 7.98. The average Bonchev–Trinajstić information content (AvgIpc) is 2.87. The number of H-pyrrole nitrogens is 1. The van der Waals surface area contributed by atoms with Gasteiger partial charge >= 0.3 is 0 Å². The highest BCUT2D eigenvalue weighted by Gasteiger charge is 2.29. The van der Waals surface area contributed by atoms with Crippen molar-refractivity contribution in [1.29, 1.82) is 0 Å². The molecule has 2 N–H and O–H groups in total. The smallest absolute Gasteiger partial charge is 0.212 e. The molecular weight excluding hydrogens is 342 g/mol. The molecule has 24 heavy (non-hydrogen) atoms. The van der Waals surface area contributed by atoms with E-state index in [0.29, 0.717) is 24.2 Å². The summed E-state index contributed by atoms with van der Waals surface area (Å²) in [5.41, 5.74) is 2.23. The Morgan fingerprint density at radius 2 is 1.79 bits per heavy atom. The number of rotatable bonds is 8. The van der Waals surface area contributed by atoms with Crippen LogP contribution >= 0.6 is 11.8 Å². The normalized spacial score (nSPS) is 11.8. The van der Waals surface area contributed by atoms with Gasteiger partial charge in [-0.15, -0.1) is 0 Å². The fraction of sp³-hybridized carbons (Fsp3) is 0.444. The van der Waals surface area contributed by atoms with E-state index in [1.807, 2.05) is 13.2 Å². The summed E-state index contributed by atoms with van der Waals surface area (Å²) >= 11 is 1.66. The van der Waals surface area contributed by atoms with E-state index < -0.39 is 9.84 Å².